The van der Waals surface area contributed by atoms with Gasteiger partial charge in [-0.3, -0.25) is 4.79 Å². The van der Waals surface area contributed by atoms with E-state index < -0.39 is 0 Å². The first kappa shape index (κ1) is 15.2. The highest BCUT2D eigenvalue weighted by atomic mass is 16.5. The van der Waals surface area contributed by atoms with Crippen molar-refractivity contribution in [3.05, 3.63) is 65.9 Å². The minimum absolute atomic E-state index is 0.0901. The maximum Gasteiger partial charge on any atom is 0.251 e. The Labute approximate surface area is 135 Å². The van der Waals surface area contributed by atoms with Crippen LogP contribution in [0.5, 0.6) is 5.75 Å². The SMILES string of the molecule is CC(C)Oc1ccc(C(=O)NCc2ccc3cc[nH]c3c2)cc1. The third kappa shape index (κ3) is 3.72. The number of H-pyrrole nitrogens is 1. The van der Waals surface area contributed by atoms with E-state index in [0.717, 1.165) is 16.8 Å². The molecule has 0 aliphatic rings. The molecule has 1 aromatic heterocycles. The molecule has 0 aliphatic heterocycles. The van der Waals surface area contributed by atoms with Crippen LogP contribution in [0, 0.1) is 0 Å². The van der Waals surface area contributed by atoms with Crippen LogP contribution < -0.4 is 10.1 Å². The van der Waals surface area contributed by atoms with Gasteiger partial charge in [-0.1, -0.05) is 12.1 Å². The Morgan fingerprint density at radius 2 is 1.91 bits per heavy atom. The Bertz CT molecular complexity index is 804. The average Bonchev–Trinajstić information content (AvgIpc) is 3.00. The largest absolute Gasteiger partial charge is 0.491 e. The molecule has 1 amide bonds. The van der Waals surface area contributed by atoms with Crippen molar-refractivity contribution in [1.29, 1.82) is 0 Å². The molecule has 0 spiro atoms. The van der Waals surface area contributed by atoms with Gasteiger partial charge in [-0.25, -0.2) is 0 Å². The van der Waals surface area contributed by atoms with Crippen molar-refractivity contribution in [2.45, 2.75) is 26.5 Å². The van der Waals surface area contributed by atoms with Crippen LogP contribution in [0.1, 0.15) is 29.8 Å². The lowest BCUT2D eigenvalue weighted by molar-refractivity contribution is 0.0951. The van der Waals surface area contributed by atoms with Crippen LogP contribution in [0.4, 0.5) is 0 Å². The molecule has 0 saturated carbocycles. The molecular formula is C19H20N2O2. The smallest absolute Gasteiger partial charge is 0.251 e. The third-order valence-corrected chi connectivity index (χ3v) is 3.56. The van der Waals surface area contributed by atoms with Crippen molar-refractivity contribution in [2.75, 3.05) is 0 Å². The summed E-state index contributed by atoms with van der Waals surface area (Å²) >= 11 is 0. The molecule has 0 fully saturated rings. The highest BCUT2D eigenvalue weighted by Crippen LogP contribution is 2.15. The number of amides is 1. The Morgan fingerprint density at radius 1 is 1.13 bits per heavy atom. The number of aromatic nitrogens is 1. The molecule has 4 heteroatoms. The van der Waals surface area contributed by atoms with Crippen molar-refractivity contribution < 1.29 is 9.53 Å². The van der Waals surface area contributed by atoms with Crippen LogP contribution in [0.2, 0.25) is 0 Å². The molecule has 2 N–H and O–H groups in total. The van der Waals surface area contributed by atoms with Crippen LogP contribution in [-0.2, 0) is 6.54 Å². The molecule has 0 atom stereocenters. The van der Waals surface area contributed by atoms with Gasteiger partial charge in [0.1, 0.15) is 5.75 Å². The molecule has 0 bridgehead atoms. The first-order valence-corrected chi connectivity index (χ1v) is 7.73. The fourth-order valence-corrected chi connectivity index (χ4v) is 2.45. The Balaban J connectivity index is 1.62. The second-order valence-corrected chi connectivity index (χ2v) is 5.77. The molecule has 1 heterocycles. The van der Waals surface area contributed by atoms with E-state index in [-0.39, 0.29) is 12.0 Å². The first-order chi connectivity index (χ1) is 11.1. The van der Waals surface area contributed by atoms with E-state index in [9.17, 15) is 4.79 Å². The lowest BCUT2D eigenvalue weighted by atomic mass is 10.1. The summed E-state index contributed by atoms with van der Waals surface area (Å²) in [4.78, 5) is 15.4. The van der Waals surface area contributed by atoms with E-state index >= 15 is 0 Å². The van der Waals surface area contributed by atoms with E-state index in [1.807, 2.05) is 50.4 Å². The Kier molecular flexibility index (Phi) is 4.33. The van der Waals surface area contributed by atoms with Crippen LogP contribution in [-0.4, -0.2) is 17.0 Å². The van der Waals surface area contributed by atoms with Crippen LogP contribution in [0.3, 0.4) is 0 Å². The number of carbonyl (C=O) groups is 1. The van der Waals surface area contributed by atoms with Gasteiger partial charge >= 0.3 is 0 Å². The van der Waals surface area contributed by atoms with Crippen molar-refractivity contribution in [3.63, 3.8) is 0 Å². The van der Waals surface area contributed by atoms with Gasteiger partial charge in [-0.05, 0) is 61.2 Å². The lowest BCUT2D eigenvalue weighted by Crippen LogP contribution is -2.22. The van der Waals surface area contributed by atoms with E-state index in [0.29, 0.717) is 12.1 Å². The number of nitrogens with one attached hydrogen (secondary N) is 2. The van der Waals surface area contributed by atoms with Gasteiger partial charge in [0, 0.05) is 23.8 Å². The number of aromatic amines is 1. The van der Waals surface area contributed by atoms with Gasteiger partial charge < -0.3 is 15.0 Å². The second kappa shape index (κ2) is 6.57. The summed E-state index contributed by atoms with van der Waals surface area (Å²) in [5, 5.41) is 4.11. The number of ether oxygens (including phenoxy) is 1. The predicted molar refractivity (Wildman–Crippen MR) is 91.7 cm³/mol. The monoisotopic (exact) mass is 308 g/mol. The number of rotatable bonds is 5. The summed E-state index contributed by atoms with van der Waals surface area (Å²) in [6, 6.07) is 15.3. The molecule has 23 heavy (non-hydrogen) atoms. The standard InChI is InChI=1S/C19H20N2O2/c1-13(2)23-17-7-5-16(6-8-17)19(22)21-12-14-3-4-15-9-10-20-18(15)11-14/h3-11,13,20H,12H2,1-2H3,(H,21,22). The normalized spacial score (nSPS) is 10.9. The van der Waals surface area contributed by atoms with Crippen molar-refractivity contribution in [1.82, 2.24) is 10.3 Å². The summed E-state index contributed by atoms with van der Waals surface area (Å²) in [5.74, 6) is 0.682. The van der Waals surface area contributed by atoms with Gasteiger partial charge in [0.05, 0.1) is 6.10 Å². The predicted octanol–water partition coefficient (Wildman–Crippen LogP) is 3.89. The highest BCUT2D eigenvalue weighted by Gasteiger charge is 2.06. The zero-order valence-corrected chi connectivity index (χ0v) is 13.3. The minimum Gasteiger partial charge on any atom is -0.491 e. The van der Waals surface area contributed by atoms with Crippen LogP contribution in [0.25, 0.3) is 10.9 Å². The summed E-state index contributed by atoms with van der Waals surface area (Å²) in [6.45, 7) is 4.45. The number of carbonyl (C=O) groups excluding carboxylic acids is 1. The van der Waals surface area contributed by atoms with Crippen molar-refractivity contribution >= 4 is 16.8 Å². The number of hydrogen-bond donors (Lipinski definition) is 2. The zero-order valence-electron chi connectivity index (χ0n) is 13.3. The van der Waals surface area contributed by atoms with E-state index in [2.05, 4.69) is 16.4 Å². The quantitative estimate of drug-likeness (QED) is 0.751. The van der Waals surface area contributed by atoms with Gasteiger partial charge in [-0.2, -0.15) is 0 Å². The maximum atomic E-state index is 12.2. The topological polar surface area (TPSA) is 54.1 Å². The molecule has 0 saturated heterocycles. The Morgan fingerprint density at radius 3 is 2.65 bits per heavy atom. The molecule has 0 radical (unpaired) electrons. The van der Waals surface area contributed by atoms with E-state index in [1.54, 1.807) is 12.1 Å². The van der Waals surface area contributed by atoms with E-state index in [1.165, 1.54) is 5.39 Å². The van der Waals surface area contributed by atoms with Gasteiger partial charge in [-0.15, -0.1) is 0 Å². The zero-order chi connectivity index (χ0) is 16.2. The fraction of sp³-hybridized carbons (Fsp3) is 0.211. The molecule has 4 nitrogen and oxygen atoms in total. The van der Waals surface area contributed by atoms with Crippen molar-refractivity contribution in [3.8, 4) is 5.75 Å². The molecule has 0 unspecified atom stereocenters. The molecule has 118 valence electrons. The third-order valence-electron chi connectivity index (χ3n) is 3.56. The molecule has 3 aromatic rings. The molecular weight excluding hydrogens is 288 g/mol. The van der Waals surface area contributed by atoms with E-state index in [4.69, 9.17) is 4.74 Å². The highest BCUT2D eigenvalue weighted by molar-refractivity contribution is 5.94. The summed E-state index contributed by atoms with van der Waals surface area (Å²) in [7, 11) is 0. The van der Waals surface area contributed by atoms with Crippen molar-refractivity contribution in [2.24, 2.45) is 0 Å². The van der Waals surface area contributed by atoms with Crippen LogP contribution >= 0.6 is 0 Å². The van der Waals surface area contributed by atoms with Crippen LogP contribution in [0.15, 0.2) is 54.7 Å². The fourth-order valence-electron chi connectivity index (χ4n) is 2.45. The number of benzene rings is 2. The Hall–Kier alpha value is -2.75. The van der Waals surface area contributed by atoms with Gasteiger partial charge in [0.25, 0.3) is 5.91 Å². The lowest BCUT2D eigenvalue weighted by Gasteiger charge is -2.10. The number of hydrogen-bond acceptors (Lipinski definition) is 2. The molecule has 3 rings (SSSR count). The van der Waals surface area contributed by atoms with Gasteiger partial charge in [0.15, 0.2) is 0 Å². The molecule has 2 aromatic carbocycles. The average molecular weight is 308 g/mol. The minimum atomic E-state index is -0.0901. The second-order valence-electron chi connectivity index (χ2n) is 5.77. The van der Waals surface area contributed by atoms with Gasteiger partial charge in [0.2, 0.25) is 0 Å². The summed E-state index contributed by atoms with van der Waals surface area (Å²) < 4.78 is 5.58. The molecule has 0 aliphatic carbocycles. The number of fused-ring (bicyclic) bond motifs is 1. The summed E-state index contributed by atoms with van der Waals surface area (Å²) in [5.41, 5.74) is 2.77. The maximum absolute atomic E-state index is 12.2. The first-order valence-electron chi connectivity index (χ1n) is 7.73. The summed E-state index contributed by atoms with van der Waals surface area (Å²) in [6.07, 6.45) is 2.03.